The third kappa shape index (κ3) is 2.22. The van der Waals surface area contributed by atoms with Crippen LogP contribution in [0.15, 0.2) is 60.7 Å². The average Bonchev–Trinajstić information content (AvgIpc) is 2.48. The number of carbonyl (C=O) groups is 1. The molecule has 0 saturated heterocycles. The SMILES string of the molecule is COC(=O)[C@H]1C[C@@H](c2ccccc2)[C@@H]1c1ccccc1. The highest BCUT2D eigenvalue weighted by atomic mass is 16.5. The molecule has 0 unspecified atom stereocenters. The van der Waals surface area contributed by atoms with Gasteiger partial charge in [0.05, 0.1) is 13.0 Å². The van der Waals surface area contributed by atoms with Gasteiger partial charge in [-0.2, -0.15) is 0 Å². The molecule has 0 radical (unpaired) electrons. The summed E-state index contributed by atoms with van der Waals surface area (Å²) < 4.78 is 4.95. The molecule has 1 saturated carbocycles. The summed E-state index contributed by atoms with van der Waals surface area (Å²) in [5.74, 6) is 0.521. The number of hydrogen-bond donors (Lipinski definition) is 0. The Hall–Kier alpha value is -2.09. The monoisotopic (exact) mass is 266 g/mol. The summed E-state index contributed by atoms with van der Waals surface area (Å²) in [6, 6.07) is 20.7. The normalized spacial score (nSPS) is 24.8. The van der Waals surface area contributed by atoms with Gasteiger partial charge in [-0.1, -0.05) is 60.7 Å². The van der Waals surface area contributed by atoms with Gasteiger partial charge in [0.1, 0.15) is 0 Å². The molecule has 1 aliphatic carbocycles. The predicted octanol–water partition coefficient (Wildman–Crippen LogP) is 3.75. The van der Waals surface area contributed by atoms with Crippen molar-refractivity contribution in [2.45, 2.75) is 18.3 Å². The van der Waals surface area contributed by atoms with Crippen LogP contribution < -0.4 is 0 Å². The van der Waals surface area contributed by atoms with E-state index < -0.39 is 0 Å². The molecule has 0 N–H and O–H groups in total. The van der Waals surface area contributed by atoms with Gasteiger partial charge in [0.2, 0.25) is 0 Å². The molecule has 2 aromatic rings. The Morgan fingerprint density at radius 1 is 0.950 bits per heavy atom. The van der Waals surface area contributed by atoms with E-state index in [0.717, 1.165) is 6.42 Å². The van der Waals surface area contributed by atoms with E-state index in [9.17, 15) is 4.79 Å². The second-order valence-corrected chi connectivity index (χ2v) is 5.32. The maximum absolute atomic E-state index is 11.9. The minimum absolute atomic E-state index is 0.0207. The molecule has 0 bridgehead atoms. The highest BCUT2D eigenvalue weighted by Gasteiger charge is 2.47. The van der Waals surface area contributed by atoms with Gasteiger partial charge in [0.25, 0.3) is 0 Å². The maximum atomic E-state index is 11.9. The zero-order chi connectivity index (χ0) is 13.9. The molecule has 0 spiro atoms. The summed E-state index contributed by atoms with van der Waals surface area (Å²) in [6.07, 6.45) is 0.871. The first-order valence-corrected chi connectivity index (χ1v) is 6.99. The molecule has 0 heterocycles. The van der Waals surface area contributed by atoms with Gasteiger partial charge < -0.3 is 4.74 Å². The lowest BCUT2D eigenvalue weighted by atomic mass is 9.59. The van der Waals surface area contributed by atoms with Crippen molar-refractivity contribution in [2.24, 2.45) is 5.92 Å². The van der Waals surface area contributed by atoms with E-state index in [-0.39, 0.29) is 17.8 Å². The Balaban J connectivity index is 1.92. The highest BCUT2D eigenvalue weighted by molar-refractivity contribution is 5.75. The Labute approximate surface area is 119 Å². The first kappa shape index (κ1) is 12.9. The van der Waals surface area contributed by atoms with Crippen LogP contribution in [-0.4, -0.2) is 13.1 Å². The van der Waals surface area contributed by atoms with Crippen molar-refractivity contribution in [1.82, 2.24) is 0 Å². The zero-order valence-corrected chi connectivity index (χ0v) is 11.5. The van der Waals surface area contributed by atoms with Crippen molar-refractivity contribution in [3.05, 3.63) is 71.8 Å². The molecular weight excluding hydrogens is 248 g/mol. The van der Waals surface area contributed by atoms with E-state index in [2.05, 4.69) is 36.4 Å². The number of benzene rings is 2. The number of esters is 1. The van der Waals surface area contributed by atoms with E-state index in [0.29, 0.717) is 5.92 Å². The lowest BCUT2D eigenvalue weighted by Gasteiger charge is -2.43. The summed E-state index contributed by atoms with van der Waals surface area (Å²) in [4.78, 5) is 11.9. The number of carbonyl (C=O) groups excluding carboxylic acids is 1. The fourth-order valence-electron chi connectivity index (χ4n) is 3.23. The molecule has 20 heavy (non-hydrogen) atoms. The molecule has 0 aromatic heterocycles. The first-order valence-electron chi connectivity index (χ1n) is 6.99. The molecule has 0 aliphatic heterocycles. The van der Waals surface area contributed by atoms with Crippen LogP contribution in [0.1, 0.15) is 29.4 Å². The van der Waals surface area contributed by atoms with Crippen LogP contribution in [0.4, 0.5) is 0 Å². The van der Waals surface area contributed by atoms with Gasteiger partial charge in [0, 0.05) is 5.92 Å². The number of ether oxygens (including phenoxy) is 1. The van der Waals surface area contributed by atoms with E-state index in [4.69, 9.17) is 4.74 Å². The predicted molar refractivity (Wildman–Crippen MR) is 78.5 cm³/mol. The fourth-order valence-corrected chi connectivity index (χ4v) is 3.23. The number of rotatable bonds is 3. The molecule has 3 atom stereocenters. The van der Waals surface area contributed by atoms with Crippen molar-refractivity contribution in [3.8, 4) is 0 Å². The van der Waals surface area contributed by atoms with E-state index in [1.165, 1.54) is 18.2 Å². The number of hydrogen-bond acceptors (Lipinski definition) is 2. The second kappa shape index (κ2) is 5.49. The molecule has 3 rings (SSSR count). The Morgan fingerprint density at radius 2 is 1.50 bits per heavy atom. The quantitative estimate of drug-likeness (QED) is 0.791. The Morgan fingerprint density at radius 3 is 2.05 bits per heavy atom. The van der Waals surface area contributed by atoms with Crippen LogP contribution in [0, 0.1) is 5.92 Å². The van der Waals surface area contributed by atoms with Crippen molar-refractivity contribution in [2.75, 3.05) is 7.11 Å². The summed E-state index contributed by atoms with van der Waals surface area (Å²) in [5.41, 5.74) is 2.53. The third-order valence-electron chi connectivity index (χ3n) is 4.29. The summed E-state index contributed by atoms with van der Waals surface area (Å²) in [7, 11) is 1.47. The molecule has 1 aliphatic rings. The maximum Gasteiger partial charge on any atom is 0.309 e. The van der Waals surface area contributed by atoms with E-state index in [1.54, 1.807) is 0 Å². The van der Waals surface area contributed by atoms with Crippen molar-refractivity contribution in [3.63, 3.8) is 0 Å². The number of methoxy groups -OCH3 is 1. The van der Waals surface area contributed by atoms with Crippen molar-refractivity contribution < 1.29 is 9.53 Å². The second-order valence-electron chi connectivity index (χ2n) is 5.32. The minimum atomic E-state index is -0.0916. The summed E-state index contributed by atoms with van der Waals surface area (Å²) in [5, 5.41) is 0. The van der Waals surface area contributed by atoms with Gasteiger partial charge in [0.15, 0.2) is 0 Å². The molecule has 2 nitrogen and oxygen atoms in total. The van der Waals surface area contributed by atoms with Crippen LogP contribution in [0.2, 0.25) is 0 Å². The average molecular weight is 266 g/mol. The minimum Gasteiger partial charge on any atom is -0.469 e. The Bertz CT molecular complexity index is 577. The standard InChI is InChI=1S/C18H18O2/c1-20-18(19)16-12-15(13-8-4-2-5-9-13)17(16)14-10-6-3-7-11-14/h2-11,15-17H,12H2,1H3/t15-,16-,17-/m0/s1. The lowest BCUT2D eigenvalue weighted by Crippen LogP contribution is -2.38. The largest absolute Gasteiger partial charge is 0.469 e. The topological polar surface area (TPSA) is 26.3 Å². The van der Waals surface area contributed by atoms with Gasteiger partial charge in [-0.3, -0.25) is 4.79 Å². The lowest BCUT2D eigenvalue weighted by molar-refractivity contribution is -0.150. The van der Waals surface area contributed by atoms with E-state index in [1.807, 2.05) is 24.3 Å². The zero-order valence-electron chi connectivity index (χ0n) is 11.5. The van der Waals surface area contributed by atoms with Crippen molar-refractivity contribution in [1.29, 1.82) is 0 Å². The van der Waals surface area contributed by atoms with Crippen LogP contribution >= 0.6 is 0 Å². The molecular formula is C18H18O2. The summed E-state index contributed by atoms with van der Waals surface area (Å²) in [6.45, 7) is 0. The third-order valence-corrected chi connectivity index (χ3v) is 4.29. The molecule has 1 fully saturated rings. The van der Waals surface area contributed by atoms with E-state index >= 15 is 0 Å². The van der Waals surface area contributed by atoms with Crippen LogP contribution in [-0.2, 0) is 9.53 Å². The van der Waals surface area contributed by atoms with Gasteiger partial charge >= 0.3 is 5.97 Å². The first-order chi connectivity index (χ1) is 9.81. The fraction of sp³-hybridized carbons (Fsp3) is 0.278. The Kier molecular flexibility index (Phi) is 3.55. The van der Waals surface area contributed by atoms with Gasteiger partial charge in [-0.15, -0.1) is 0 Å². The van der Waals surface area contributed by atoms with Crippen LogP contribution in [0.25, 0.3) is 0 Å². The van der Waals surface area contributed by atoms with Gasteiger partial charge in [-0.25, -0.2) is 0 Å². The van der Waals surface area contributed by atoms with Crippen molar-refractivity contribution >= 4 is 5.97 Å². The molecule has 2 aromatic carbocycles. The van der Waals surface area contributed by atoms with Gasteiger partial charge in [-0.05, 0) is 23.5 Å². The van der Waals surface area contributed by atoms with Crippen LogP contribution in [0.5, 0.6) is 0 Å². The highest BCUT2D eigenvalue weighted by Crippen LogP contribution is 2.53. The molecule has 2 heteroatoms. The van der Waals surface area contributed by atoms with Crippen LogP contribution in [0.3, 0.4) is 0 Å². The summed E-state index contributed by atoms with van der Waals surface area (Å²) >= 11 is 0. The molecule has 102 valence electrons. The smallest absolute Gasteiger partial charge is 0.309 e. The molecule has 0 amide bonds.